The van der Waals surface area contributed by atoms with E-state index in [0.29, 0.717) is 13.2 Å². The molecule has 2 aromatic carbocycles. The number of methoxy groups -OCH3 is 1. The fourth-order valence-corrected chi connectivity index (χ4v) is 2.52. The standard InChI is InChI=1S/C17H18N2O2/c1-12-7-8-13(16(20)11-12)17-18-14-5-3-4-6-15(14)19(17)9-10-21-2/h3-8,11,20H,9-10H2,1-2H3. The van der Waals surface area contributed by atoms with Crippen LogP contribution < -0.4 is 0 Å². The lowest BCUT2D eigenvalue weighted by molar-refractivity contribution is 0.188. The first-order valence-corrected chi connectivity index (χ1v) is 6.95. The summed E-state index contributed by atoms with van der Waals surface area (Å²) in [5.74, 6) is 1.02. The number of aryl methyl sites for hydroxylation is 1. The first-order chi connectivity index (χ1) is 10.2. The van der Waals surface area contributed by atoms with Gasteiger partial charge in [-0.1, -0.05) is 18.2 Å². The number of aromatic nitrogens is 2. The predicted octanol–water partition coefficient (Wildman–Crippen LogP) is 3.36. The fraction of sp³-hybridized carbons (Fsp3) is 0.235. The van der Waals surface area contributed by atoms with E-state index < -0.39 is 0 Å². The molecule has 0 aliphatic rings. The molecule has 0 spiro atoms. The van der Waals surface area contributed by atoms with Crippen molar-refractivity contribution in [3.05, 3.63) is 48.0 Å². The van der Waals surface area contributed by atoms with Gasteiger partial charge in [0.15, 0.2) is 0 Å². The topological polar surface area (TPSA) is 47.3 Å². The number of ether oxygens (including phenoxy) is 1. The molecule has 0 unspecified atom stereocenters. The Labute approximate surface area is 123 Å². The summed E-state index contributed by atoms with van der Waals surface area (Å²) in [4.78, 5) is 4.67. The Bertz CT molecular complexity index is 778. The molecule has 3 aromatic rings. The van der Waals surface area contributed by atoms with Gasteiger partial charge in [0, 0.05) is 13.7 Å². The Hall–Kier alpha value is -2.33. The van der Waals surface area contributed by atoms with Crippen molar-refractivity contribution >= 4 is 11.0 Å². The average Bonchev–Trinajstić information content (AvgIpc) is 2.83. The molecule has 0 aliphatic carbocycles. The summed E-state index contributed by atoms with van der Waals surface area (Å²) in [5, 5.41) is 10.2. The summed E-state index contributed by atoms with van der Waals surface area (Å²) < 4.78 is 7.28. The molecule has 0 atom stereocenters. The van der Waals surface area contributed by atoms with Gasteiger partial charge in [0.05, 0.1) is 23.2 Å². The molecule has 0 bridgehead atoms. The van der Waals surface area contributed by atoms with E-state index in [1.54, 1.807) is 13.2 Å². The van der Waals surface area contributed by atoms with Crippen molar-refractivity contribution in [2.45, 2.75) is 13.5 Å². The van der Waals surface area contributed by atoms with Gasteiger partial charge in [-0.15, -0.1) is 0 Å². The number of para-hydroxylation sites is 2. The molecule has 0 amide bonds. The lowest BCUT2D eigenvalue weighted by Gasteiger charge is -2.10. The van der Waals surface area contributed by atoms with Crippen LogP contribution in [0.4, 0.5) is 0 Å². The van der Waals surface area contributed by atoms with E-state index in [0.717, 1.165) is 28.0 Å². The van der Waals surface area contributed by atoms with Crippen LogP contribution >= 0.6 is 0 Å². The number of nitrogens with zero attached hydrogens (tertiary/aromatic N) is 2. The molecule has 4 heteroatoms. The summed E-state index contributed by atoms with van der Waals surface area (Å²) in [7, 11) is 1.68. The summed E-state index contributed by atoms with van der Waals surface area (Å²) in [6.07, 6.45) is 0. The van der Waals surface area contributed by atoms with Crippen molar-refractivity contribution in [3.63, 3.8) is 0 Å². The van der Waals surface area contributed by atoms with Crippen LogP contribution in [0, 0.1) is 6.92 Å². The minimum Gasteiger partial charge on any atom is -0.507 e. The van der Waals surface area contributed by atoms with Gasteiger partial charge in [-0.05, 0) is 36.8 Å². The van der Waals surface area contributed by atoms with Gasteiger partial charge in [-0.25, -0.2) is 4.98 Å². The largest absolute Gasteiger partial charge is 0.507 e. The average molecular weight is 282 g/mol. The SMILES string of the molecule is COCCn1c(-c2ccc(C)cc2O)nc2ccccc21. The summed E-state index contributed by atoms with van der Waals surface area (Å²) in [5.41, 5.74) is 3.73. The van der Waals surface area contributed by atoms with Crippen LogP contribution in [0.15, 0.2) is 42.5 Å². The number of hydrogen-bond acceptors (Lipinski definition) is 3. The molecule has 4 nitrogen and oxygen atoms in total. The molecule has 108 valence electrons. The molecular weight excluding hydrogens is 264 g/mol. The zero-order valence-electron chi connectivity index (χ0n) is 12.2. The van der Waals surface area contributed by atoms with Crippen LogP contribution in [0.3, 0.4) is 0 Å². The highest BCUT2D eigenvalue weighted by atomic mass is 16.5. The second-order valence-electron chi connectivity index (χ2n) is 5.09. The predicted molar refractivity (Wildman–Crippen MR) is 83.4 cm³/mol. The quantitative estimate of drug-likeness (QED) is 0.798. The smallest absolute Gasteiger partial charge is 0.144 e. The Morgan fingerprint density at radius 3 is 2.76 bits per heavy atom. The van der Waals surface area contributed by atoms with Crippen LogP contribution in [0.1, 0.15) is 5.56 Å². The lowest BCUT2D eigenvalue weighted by Crippen LogP contribution is -2.06. The number of aromatic hydroxyl groups is 1. The molecule has 1 aromatic heterocycles. The molecule has 0 saturated carbocycles. The normalized spacial score (nSPS) is 11.1. The van der Waals surface area contributed by atoms with E-state index in [9.17, 15) is 5.11 Å². The maximum Gasteiger partial charge on any atom is 0.144 e. The van der Waals surface area contributed by atoms with Crippen LogP contribution in [-0.4, -0.2) is 28.4 Å². The molecule has 21 heavy (non-hydrogen) atoms. The lowest BCUT2D eigenvalue weighted by atomic mass is 10.1. The van der Waals surface area contributed by atoms with Crippen molar-refractivity contribution < 1.29 is 9.84 Å². The van der Waals surface area contributed by atoms with Crippen molar-refractivity contribution in [1.82, 2.24) is 9.55 Å². The van der Waals surface area contributed by atoms with E-state index in [1.807, 2.05) is 43.3 Å². The highest BCUT2D eigenvalue weighted by Crippen LogP contribution is 2.31. The van der Waals surface area contributed by atoms with Crippen LogP contribution in [0.2, 0.25) is 0 Å². The maximum absolute atomic E-state index is 10.2. The van der Waals surface area contributed by atoms with Crippen LogP contribution in [0.25, 0.3) is 22.4 Å². The Morgan fingerprint density at radius 1 is 1.19 bits per heavy atom. The molecule has 1 N–H and O–H groups in total. The van der Waals surface area contributed by atoms with Gasteiger partial charge in [-0.2, -0.15) is 0 Å². The highest BCUT2D eigenvalue weighted by Gasteiger charge is 2.15. The molecule has 0 aliphatic heterocycles. The van der Waals surface area contributed by atoms with Crippen molar-refractivity contribution in [2.75, 3.05) is 13.7 Å². The van der Waals surface area contributed by atoms with Gasteiger partial charge in [0.25, 0.3) is 0 Å². The summed E-state index contributed by atoms with van der Waals surface area (Å²) in [6.45, 7) is 3.25. The van der Waals surface area contributed by atoms with E-state index in [-0.39, 0.29) is 5.75 Å². The minimum absolute atomic E-state index is 0.254. The third kappa shape index (κ3) is 2.50. The third-order valence-corrected chi connectivity index (χ3v) is 3.57. The van der Waals surface area contributed by atoms with E-state index >= 15 is 0 Å². The van der Waals surface area contributed by atoms with Gasteiger partial charge in [0.1, 0.15) is 11.6 Å². The second kappa shape index (κ2) is 5.58. The van der Waals surface area contributed by atoms with Crippen LogP contribution in [0.5, 0.6) is 5.75 Å². The summed E-state index contributed by atoms with van der Waals surface area (Å²) >= 11 is 0. The second-order valence-corrected chi connectivity index (χ2v) is 5.09. The number of phenolic OH excluding ortho intramolecular Hbond substituents is 1. The van der Waals surface area contributed by atoms with Crippen molar-refractivity contribution in [3.8, 4) is 17.1 Å². The first kappa shape index (κ1) is 13.6. The zero-order chi connectivity index (χ0) is 14.8. The molecule has 0 saturated heterocycles. The van der Waals surface area contributed by atoms with Crippen molar-refractivity contribution in [2.24, 2.45) is 0 Å². The Kier molecular flexibility index (Phi) is 3.62. The van der Waals surface area contributed by atoms with Gasteiger partial charge in [-0.3, -0.25) is 0 Å². The number of imidazole rings is 1. The fourth-order valence-electron chi connectivity index (χ4n) is 2.52. The molecule has 0 fully saturated rings. The summed E-state index contributed by atoms with van der Waals surface area (Å²) in [6, 6.07) is 13.6. The number of fused-ring (bicyclic) bond motifs is 1. The van der Waals surface area contributed by atoms with E-state index in [1.165, 1.54) is 0 Å². The minimum atomic E-state index is 0.254. The maximum atomic E-state index is 10.2. The monoisotopic (exact) mass is 282 g/mol. The Balaban J connectivity index is 2.20. The zero-order valence-corrected chi connectivity index (χ0v) is 12.2. The van der Waals surface area contributed by atoms with E-state index in [4.69, 9.17) is 4.74 Å². The number of phenols is 1. The molecule has 1 heterocycles. The number of benzene rings is 2. The molecule has 3 rings (SSSR count). The molecule has 0 radical (unpaired) electrons. The third-order valence-electron chi connectivity index (χ3n) is 3.57. The van der Waals surface area contributed by atoms with Gasteiger partial charge >= 0.3 is 0 Å². The van der Waals surface area contributed by atoms with Gasteiger partial charge < -0.3 is 14.4 Å². The van der Waals surface area contributed by atoms with Crippen molar-refractivity contribution in [1.29, 1.82) is 0 Å². The number of hydrogen-bond donors (Lipinski definition) is 1. The first-order valence-electron chi connectivity index (χ1n) is 6.95. The van der Waals surface area contributed by atoms with Gasteiger partial charge in [0.2, 0.25) is 0 Å². The van der Waals surface area contributed by atoms with Crippen LogP contribution in [-0.2, 0) is 11.3 Å². The number of rotatable bonds is 4. The highest BCUT2D eigenvalue weighted by molar-refractivity contribution is 5.81. The Morgan fingerprint density at radius 2 is 2.00 bits per heavy atom. The molecular formula is C17H18N2O2. The van der Waals surface area contributed by atoms with E-state index in [2.05, 4.69) is 9.55 Å².